The minimum atomic E-state index is -0.231. The Labute approximate surface area is 143 Å². The predicted octanol–water partition coefficient (Wildman–Crippen LogP) is 2.07. The van der Waals surface area contributed by atoms with Gasteiger partial charge in [-0.05, 0) is 41.5 Å². The van der Waals surface area contributed by atoms with Gasteiger partial charge in [-0.15, -0.1) is 11.3 Å². The van der Waals surface area contributed by atoms with Crippen molar-refractivity contribution in [3.05, 3.63) is 15.6 Å². The van der Waals surface area contributed by atoms with E-state index in [-0.39, 0.29) is 18.0 Å². The quantitative estimate of drug-likeness (QED) is 0.636. The van der Waals surface area contributed by atoms with Crippen LogP contribution in [0, 0.1) is 13.8 Å². The summed E-state index contributed by atoms with van der Waals surface area (Å²) in [5.41, 5.74) is 0.797. The van der Waals surface area contributed by atoms with Crippen molar-refractivity contribution in [2.75, 3.05) is 20.1 Å². The van der Waals surface area contributed by atoms with Crippen molar-refractivity contribution in [3.8, 4) is 0 Å². The zero-order chi connectivity index (χ0) is 17.6. The monoisotopic (exact) mass is 339 g/mol. The molecule has 2 N–H and O–H groups in total. The Morgan fingerprint density at radius 2 is 2.00 bits per heavy atom. The SMILES string of the molecule is CCNC(=NCc1sc(C)nc1C)N(C)CC(=O)NC(C)(C)C. The van der Waals surface area contributed by atoms with Gasteiger partial charge in [0.05, 0.1) is 23.8 Å². The van der Waals surface area contributed by atoms with Gasteiger partial charge in [0.2, 0.25) is 5.91 Å². The molecule has 0 aliphatic rings. The van der Waals surface area contributed by atoms with Crippen molar-refractivity contribution >= 4 is 23.2 Å². The van der Waals surface area contributed by atoms with Crippen molar-refractivity contribution in [3.63, 3.8) is 0 Å². The van der Waals surface area contributed by atoms with Crippen molar-refractivity contribution in [2.45, 2.75) is 53.6 Å². The molecule has 0 aliphatic heterocycles. The molecular weight excluding hydrogens is 310 g/mol. The fraction of sp³-hybridized carbons (Fsp3) is 0.688. The van der Waals surface area contributed by atoms with E-state index in [0.717, 1.165) is 28.1 Å². The summed E-state index contributed by atoms with van der Waals surface area (Å²) in [6.07, 6.45) is 0. The first-order valence-corrected chi connectivity index (χ1v) is 8.67. The standard InChI is InChI=1S/C16H29N5OS/c1-8-17-15(18-9-13-11(2)19-12(3)23-13)21(7)10-14(22)20-16(4,5)6/h8-10H2,1-7H3,(H,17,18)(H,20,22). The highest BCUT2D eigenvalue weighted by atomic mass is 32.1. The van der Waals surface area contributed by atoms with E-state index in [4.69, 9.17) is 0 Å². The van der Waals surface area contributed by atoms with Gasteiger partial charge in [0.1, 0.15) is 0 Å². The highest BCUT2D eigenvalue weighted by Crippen LogP contribution is 2.17. The van der Waals surface area contributed by atoms with Gasteiger partial charge in [0.15, 0.2) is 5.96 Å². The Morgan fingerprint density at radius 3 is 2.48 bits per heavy atom. The molecule has 1 rings (SSSR count). The summed E-state index contributed by atoms with van der Waals surface area (Å²) in [6.45, 7) is 13.5. The van der Waals surface area contributed by atoms with E-state index >= 15 is 0 Å². The molecule has 23 heavy (non-hydrogen) atoms. The van der Waals surface area contributed by atoms with Gasteiger partial charge in [-0.25, -0.2) is 9.98 Å². The first-order chi connectivity index (χ1) is 10.6. The highest BCUT2D eigenvalue weighted by Gasteiger charge is 2.17. The lowest BCUT2D eigenvalue weighted by Gasteiger charge is -2.25. The molecule has 0 unspecified atom stereocenters. The predicted molar refractivity (Wildman–Crippen MR) is 96.9 cm³/mol. The molecule has 0 radical (unpaired) electrons. The van der Waals surface area contributed by atoms with Crippen LogP contribution in [0.4, 0.5) is 0 Å². The van der Waals surface area contributed by atoms with Gasteiger partial charge in [-0.2, -0.15) is 0 Å². The van der Waals surface area contributed by atoms with Gasteiger partial charge < -0.3 is 15.5 Å². The van der Waals surface area contributed by atoms with Crippen LogP contribution in [0.2, 0.25) is 0 Å². The number of aliphatic imine (C=N–C) groups is 1. The molecule has 0 aromatic carbocycles. The molecule has 0 spiro atoms. The molecule has 0 saturated heterocycles. The van der Waals surface area contributed by atoms with Crippen molar-refractivity contribution in [1.29, 1.82) is 0 Å². The van der Waals surface area contributed by atoms with E-state index in [1.165, 1.54) is 0 Å². The number of aryl methyl sites for hydroxylation is 2. The molecule has 0 fully saturated rings. The van der Waals surface area contributed by atoms with Gasteiger partial charge in [-0.3, -0.25) is 4.79 Å². The van der Waals surface area contributed by atoms with Crippen LogP contribution in [0.1, 0.15) is 43.3 Å². The zero-order valence-electron chi connectivity index (χ0n) is 15.3. The second-order valence-corrected chi connectivity index (χ2v) is 7.85. The molecule has 1 heterocycles. The molecule has 130 valence electrons. The lowest BCUT2D eigenvalue weighted by Crippen LogP contribution is -2.48. The van der Waals surface area contributed by atoms with Gasteiger partial charge in [-0.1, -0.05) is 0 Å². The average Bonchev–Trinajstić information content (AvgIpc) is 2.70. The number of carbonyl (C=O) groups is 1. The fourth-order valence-electron chi connectivity index (χ4n) is 2.08. The Bertz CT molecular complexity index is 559. The summed E-state index contributed by atoms with van der Waals surface area (Å²) in [6, 6.07) is 0. The van der Waals surface area contributed by atoms with E-state index in [9.17, 15) is 4.79 Å². The number of guanidine groups is 1. The number of rotatable bonds is 5. The number of likely N-dealkylation sites (N-methyl/N-ethyl adjacent to an activating group) is 1. The van der Waals surface area contributed by atoms with Gasteiger partial charge >= 0.3 is 0 Å². The van der Waals surface area contributed by atoms with Crippen LogP contribution in [0.15, 0.2) is 4.99 Å². The van der Waals surface area contributed by atoms with Gasteiger partial charge in [0, 0.05) is 24.0 Å². The molecule has 7 heteroatoms. The van der Waals surface area contributed by atoms with Crippen LogP contribution in [0.5, 0.6) is 0 Å². The molecular formula is C16H29N5OS. The maximum Gasteiger partial charge on any atom is 0.240 e. The second-order valence-electron chi connectivity index (χ2n) is 6.57. The smallest absolute Gasteiger partial charge is 0.240 e. The summed E-state index contributed by atoms with van der Waals surface area (Å²) in [5, 5.41) is 7.24. The Kier molecular flexibility index (Phi) is 7.00. The normalized spacial score (nSPS) is 12.2. The number of carbonyl (C=O) groups excluding carboxylic acids is 1. The molecule has 6 nitrogen and oxygen atoms in total. The Morgan fingerprint density at radius 1 is 1.35 bits per heavy atom. The number of nitrogens with one attached hydrogen (secondary N) is 2. The molecule has 0 aliphatic carbocycles. The Balaban J connectivity index is 2.74. The van der Waals surface area contributed by atoms with Crippen LogP contribution < -0.4 is 10.6 Å². The number of aromatic nitrogens is 1. The average molecular weight is 340 g/mol. The molecule has 1 aromatic rings. The summed E-state index contributed by atoms with van der Waals surface area (Å²) < 4.78 is 0. The minimum Gasteiger partial charge on any atom is -0.357 e. The van der Waals surface area contributed by atoms with E-state index in [2.05, 4.69) is 20.6 Å². The number of thiazole rings is 1. The molecule has 1 amide bonds. The van der Waals surface area contributed by atoms with Crippen LogP contribution >= 0.6 is 11.3 Å². The van der Waals surface area contributed by atoms with Crippen LogP contribution in [-0.4, -0.2) is 47.4 Å². The molecule has 0 saturated carbocycles. The first kappa shape index (κ1) is 19.4. The fourth-order valence-corrected chi connectivity index (χ4v) is 2.95. The minimum absolute atomic E-state index is 0.0181. The maximum atomic E-state index is 12.1. The first-order valence-electron chi connectivity index (χ1n) is 7.85. The third-order valence-corrected chi connectivity index (χ3v) is 4.02. The summed E-state index contributed by atoms with van der Waals surface area (Å²) in [4.78, 5) is 24.1. The molecule has 0 bridgehead atoms. The van der Waals surface area contributed by atoms with Crippen LogP contribution in [0.25, 0.3) is 0 Å². The third-order valence-electron chi connectivity index (χ3n) is 2.96. The molecule has 1 aromatic heterocycles. The number of hydrogen-bond donors (Lipinski definition) is 2. The van der Waals surface area contributed by atoms with Crippen molar-refractivity contribution in [1.82, 2.24) is 20.5 Å². The lowest BCUT2D eigenvalue weighted by molar-refractivity contribution is -0.122. The van der Waals surface area contributed by atoms with E-state index in [1.807, 2.05) is 53.5 Å². The topological polar surface area (TPSA) is 69.6 Å². The maximum absolute atomic E-state index is 12.1. The highest BCUT2D eigenvalue weighted by molar-refractivity contribution is 7.11. The number of nitrogens with zero attached hydrogens (tertiary/aromatic N) is 3. The Hall–Kier alpha value is -1.63. The van der Waals surface area contributed by atoms with E-state index in [1.54, 1.807) is 11.3 Å². The van der Waals surface area contributed by atoms with Crippen LogP contribution in [-0.2, 0) is 11.3 Å². The summed E-state index contributed by atoms with van der Waals surface area (Å²) in [7, 11) is 1.87. The third kappa shape index (κ3) is 6.99. The number of hydrogen-bond acceptors (Lipinski definition) is 4. The van der Waals surface area contributed by atoms with Gasteiger partial charge in [0.25, 0.3) is 0 Å². The molecule has 0 atom stereocenters. The largest absolute Gasteiger partial charge is 0.357 e. The lowest BCUT2D eigenvalue weighted by atomic mass is 10.1. The van der Waals surface area contributed by atoms with E-state index < -0.39 is 0 Å². The number of amides is 1. The van der Waals surface area contributed by atoms with Crippen molar-refractivity contribution in [2.24, 2.45) is 4.99 Å². The van der Waals surface area contributed by atoms with E-state index in [0.29, 0.717) is 6.54 Å². The van der Waals surface area contributed by atoms with Crippen molar-refractivity contribution < 1.29 is 4.79 Å². The zero-order valence-corrected chi connectivity index (χ0v) is 16.1. The second kappa shape index (κ2) is 8.29. The summed E-state index contributed by atoms with van der Waals surface area (Å²) in [5.74, 6) is 0.706. The van der Waals surface area contributed by atoms with Crippen LogP contribution in [0.3, 0.4) is 0 Å². The summed E-state index contributed by atoms with van der Waals surface area (Å²) >= 11 is 1.66.